The van der Waals surface area contributed by atoms with E-state index in [0.29, 0.717) is 5.82 Å². The molecule has 0 N–H and O–H groups in total. The average Bonchev–Trinajstić information content (AvgIpc) is 2.76. The zero-order valence-corrected chi connectivity index (χ0v) is 10.9. The quantitative estimate of drug-likeness (QED) is 0.448. The lowest BCUT2D eigenvalue weighted by Crippen LogP contribution is -2.83. The van der Waals surface area contributed by atoms with Crippen LogP contribution in [-0.4, -0.2) is 7.85 Å². The summed E-state index contributed by atoms with van der Waals surface area (Å²) in [4.78, 5) is 0. The fraction of sp³-hybridized carbons (Fsp3) is 1.00. The van der Waals surface area contributed by atoms with Crippen molar-refractivity contribution in [2.45, 2.75) is 31.5 Å². The highest BCUT2D eigenvalue weighted by Gasteiger charge is 2.84. The summed E-state index contributed by atoms with van der Waals surface area (Å²) < 4.78 is 0. The summed E-state index contributed by atoms with van der Waals surface area (Å²) in [5, 5.41) is 0. The fourth-order valence-electron chi connectivity index (χ4n) is 9.30. The summed E-state index contributed by atoms with van der Waals surface area (Å²) in [5.41, 5.74) is 0. The summed E-state index contributed by atoms with van der Waals surface area (Å²) in [6.07, 6.45) is 6.19. The van der Waals surface area contributed by atoms with Crippen LogP contribution in [0.2, 0.25) is 5.82 Å². The van der Waals surface area contributed by atoms with Gasteiger partial charge < -0.3 is 0 Å². The number of hydrogen-bond donors (Lipinski definition) is 0. The maximum atomic E-state index is 6.52. The van der Waals surface area contributed by atoms with Gasteiger partial charge in [0.05, 0.1) is 7.85 Å². The van der Waals surface area contributed by atoms with E-state index in [0.717, 1.165) is 23.7 Å². The van der Waals surface area contributed by atoms with Gasteiger partial charge in [0.1, 0.15) is 0 Å². The molecule has 0 heterocycles. The minimum atomic E-state index is 0.624. The van der Waals surface area contributed by atoms with Gasteiger partial charge >= 0.3 is 0 Å². The third-order valence-electron chi connectivity index (χ3n) is 9.63. The molecule has 12 unspecified atom stereocenters. The van der Waals surface area contributed by atoms with Crippen LogP contribution in [0.5, 0.6) is 0 Å². The maximum Gasteiger partial charge on any atom is 0.0707 e. The van der Waals surface area contributed by atoms with Crippen LogP contribution in [0.25, 0.3) is 0 Å². The highest BCUT2D eigenvalue weighted by molar-refractivity contribution is 6.12. The van der Waals surface area contributed by atoms with E-state index in [2.05, 4.69) is 0 Å². The Labute approximate surface area is 111 Å². The first kappa shape index (κ1) is 9.08. The molecule has 0 aliphatic heterocycles. The Morgan fingerprint density at radius 1 is 0.444 bits per heavy atom. The molecule has 0 nitrogen and oxygen atoms in total. The largest absolute Gasteiger partial charge is 0.0713 e. The topological polar surface area (TPSA) is 0 Å². The van der Waals surface area contributed by atoms with Gasteiger partial charge in [-0.15, -0.1) is 0 Å². The summed E-state index contributed by atoms with van der Waals surface area (Å²) >= 11 is 0. The van der Waals surface area contributed by atoms with E-state index in [1.54, 1.807) is 12.8 Å². The molecule has 2 radical (unpaired) electrons. The van der Waals surface area contributed by atoms with Crippen LogP contribution < -0.4 is 0 Å². The van der Waals surface area contributed by atoms with Crippen molar-refractivity contribution in [1.29, 1.82) is 0 Å². The second-order valence-electron chi connectivity index (χ2n) is 9.01. The number of rotatable bonds is 0. The molecule has 0 aromatic rings. The lowest BCUT2D eigenvalue weighted by atomic mass is 9.18. The van der Waals surface area contributed by atoms with Gasteiger partial charge in [-0.05, 0) is 83.9 Å². The molecule has 7 rings (SSSR count). The van der Waals surface area contributed by atoms with Gasteiger partial charge in [0.2, 0.25) is 0 Å². The van der Waals surface area contributed by atoms with E-state index in [1.807, 2.05) is 0 Å². The van der Waals surface area contributed by atoms with Gasteiger partial charge in [0.25, 0.3) is 0 Å². The molecule has 7 aliphatic carbocycles. The predicted octanol–water partition coefficient (Wildman–Crippen LogP) is 2.99. The van der Waals surface area contributed by atoms with Crippen molar-refractivity contribution in [1.82, 2.24) is 0 Å². The van der Waals surface area contributed by atoms with E-state index in [9.17, 15) is 0 Å². The Bertz CT molecular complexity index is 430. The second kappa shape index (κ2) is 2.37. The van der Waals surface area contributed by atoms with Crippen molar-refractivity contribution < 1.29 is 0 Å². The van der Waals surface area contributed by atoms with E-state index < -0.39 is 0 Å². The van der Waals surface area contributed by atoms with Gasteiger partial charge in [-0.3, -0.25) is 0 Å². The number of hydrogen-bond acceptors (Lipinski definition) is 0. The summed E-state index contributed by atoms with van der Waals surface area (Å²) in [5.74, 6) is 14.6. The van der Waals surface area contributed by atoms with Gasteiger partial charge in [0.15, 0.2) is 0 Å². The second-order valence-corrected chi connectivity index (χ2v) is 9.01. The molecule has 0 saturated heterocycles. The molecule has 7 saturated carbocycles. The number of fused-ring (bicyclic) bond motifs is 17. The van der Waals surface area contributed by atoms with E-state index in [-0.39, 0.29) is 0 Å². The molecular weight excluding hydrogens is 215 g/mol. The van der Waals surface area contributed by atoms with Crippen LogP contribution in [0.15, 0.2) is 0 Å². The molecule has 0 amide bonds. The molecule has 18 heavy (non-hydrogen) atoms. The minimum Gasteiger partial charge on any atom is -0.0713 e. The molecule has 0 aromatic carbocycles. The summed E-state index contributed by atoms with van der Waals surface area (Å²) in [6.45, 7) is 0. The molecule has 1 heteroatoms. The predicted molar refractivity (Wildman–Crippen MR) is 69.9 cm³/mol. The first-order chi connectivity index (χ1) is 8.88. The molecule has 7 fully saturated rings. The van der Waals surface area contributed by atoms with Crippen LogP contribution >= 0.6 is 0 Å². The van der Waals surface area contributed by atoms with Crippen molar-refractivity contribution >= 4 is 7.85 Å². The van der Waals surface area contributed by atoms with Crippen molar-refractivity contribution in [3.63, 3.8) is 0 Å². The third-order valence-corrected chi connectivity index (χ3v) is 9.63. The Balaban J connectivity index is 1.28. The normalized spacial score (nSPS) is 83.4. The molecular formula is C17H21B. The molecule has 7 aliphatic rings. The van der Waals surface area contributed by atoms with Crippen molar-refractivity contribution in [3.8, 4) is 0 Å². The first-order valence-corrected chi connectivity index (χ1v) is 8.63. The lowest BCUT2D eigenvalue weighted by Gasteiger charge is -2.87. The standard InChI is InChI=1S/C17H21B/c18-17-7-3-4-8(17)12-11(7)15-13-9-5-1-2-6(5)10(9)14(13)16(12)15/h5-17H,1-4H2. The van der Waals surface area contributed by atoms with E-state index in [4.69, 9.17) is 7.85 Å². The Morgan fingerprint density at radius 3 is 1.17 bits per heavy atom. The van der Waals surface area contributed by atoms with Crippen molar-refractivity contribution in [3.05, 3.63) is 0 Å². The smallest absolute Gasteiger partial charge is 0.0707 e. The van der Waals surface area contributed by atoms with Gasteiger partial charge in [-0.1, -0.05) is 18.7 Å². The Morgan fingerprint density at radius 2 is 0.778 bits per heavy atom. The van der Waals surface area contributed by atoms with E-state index >= 15 is 0 Å². The molecule has 0 spiro atoms. The van der Waals surface area contributed by atoms with Crippen LogP contribution in [0.4, 0.5) is 0 Å². The van der Waals surface area contributed by atoms with Gasteiger partial charge in [0, 0.05) is 0 Å². The monoisotopic (exact) mass is 236 g/mol. The lowest BCUT2D eigenvalue weighted by molar-refractivity contribution is -0.397. The zero-order valence-electron chi connectivity index (χ0n) is 10.9. The van der Waals surface area contributed by atoms with Gasteiger partial charge in [-0.2, -0.15) is 0 Å². The highest BCUT2D eigenvalue weighted by atomic mass is 14.9. The van der Waals surface area contributed by atoms with Crippen LogP contribution in [0.1, 0.15) is 25.7 Å². The van der Waals surface area contributed by atoms with Crippen molar-refractivity contribution in [2.24, 2.45) is 71.0 Å². The molecule has 2 bridgehead atoms. The fourth-order valence-corrected chi connectivity index (χ4v) is 9.30. The SMILES string of the molecule is [B]C1C2CCC1C1C2C2C1C1C3C4CCC4C3C21. The molecule has 12 atom stereocenters. The minimum absolute atomic E-state index is 0.624. The third kappa shape index (κ3) is 0.598. The maximum absolute atomic E-state index is 6.52. The molecule has 92 valence electrons. The zero-order chi connectivity index (χ0) is 11.3. The summed E-state index contributed by atoms with van der Waals surface area (Å²) in [6, 6.07) is 0. The summed E-state index contributed by atoms with van der Waals surface area (Å²) in [7, 11) is 6.52. The van der Waals surface area contributed by atoms with Crippen LogP contribution in [0, 0.1) is 71.0 Å². The van der Waals surface area contributed by atoms with Crippen LogP contribution in [-0.2, 0) is 0 Å². The van der Waals surface area contributed by atoms with Crippen molar-refractivity contribution in [2.75, 3.05) is 0 Å². The average molecular weight is 236 g/mol. The van der Waals surface area contributed by atoms with Gasteiger partial charge in [-0.25, -0.2) is 0 Å². The Hall–Kier alpha value is 0.0649. The van der Waals surface area contributed by atoms with E-state index in [1.165, 1.54) is 60.2 Å². The molecule has 0 aromatic heterocycles. The highest BCUT2D eigenvalue weighted by Crippen LogP contribution is 2.89. The Kier molecular flexibility index (Phi) is 1.20. The van der Waals surface area contributed by atoms with Crippen LogP contribution in [0.3, 0.4) is 0 Å². The first-order valence-electron chi connectivity index (χ1n) is 8.63.